The van der Waals surface area contributed by atoms with Gasteiger partial charge in [0, 0.05) is 5.69 Å². The fourth-order valence-corrected chi connectivity index (χ4v) is 4.06. The van der Waals surface area contributed by atoms with Crippen molar-refractivity contribution in [2.45, 2.75) is 45.0 Å². The standard InChI is InChI=1S/C16H16F3N3OS/c1-7-6-16(2,3)11-8(17)4-5-9(10(7)11)20-15(23)12-13(14(18)19)24-22-21-12/h4-5,7,14H,6H2,1-3H3,(H,20,23). The first-order chi connectivity index (χ1) is 11.2. The van der Waals surface area contributed by atoms with E-state index in [2.05, 4.69) is 14.9 Å². The second kappa shape index (κ2) is 5.84. The molecule has 0 radical (unpaired) electrons. The molecule has 0 fully saturated rings. The lowest BCUT2D eigenvalue weighted by Crippen LogP contribution is -2.17. The van der Waals surface area contributed by atoms with E-state index >= 15 is 0 Å². The fraction of sp³-hybridized carbons (Fsp3) is 0.438. The number of alkyl halides is 2. The predicted octanol–water partition coefficient (Wildman–Crippen LogP) is 4.65. The number of benzene rings is 1. The van der Waals surface area contributed by atoms with Crippen molar-refractivity contribution in [3.63, 3.8) is 0 Å². The highest BCUT2D eigenvalue weighted by atomic mass is 32.1. The maximum Gasteiger partial charge on any atom is 0.277 e. The van der Waals surface area contributed by atoms with Gasteiger partial charge in [-0.25, -0.2) is 13.2 Å². The SMILES string of the molecule is CC1CC(C)(C)c2c(F)ccc(NC(=O)c3nnsc3C(F)F)c21. The van der Waals surface area contributed by atoms with Crippen LogP contribution < -0.4 is 5.32 Å². The average Bonchev–Trinajstić information content (AvgIpc) is 3.05. The molecule has 0 saturated carbocycles. The Morgan fingerprint density at radius 1 is 1.42 bits per heavy atom. The molecule has 1 unspecified atom stereocenters. The zero-order valence-electron chi connectivity index (χ0n) is 13.4. The van der Waals surface area contributed by atoms with Crippen molar-refractivity contribution in [2.75, 3.05) is 5.32 Å². The molecule has 1 heterocycles. The van der Waals surface area contributed by atoms with Crippen LogP contribution in [-0.4, -0.2) is 15.5 Å². The Morgan fingerprint density at radius 2 is 2.12 bits per heavy atom. The Hall–Kier alpha value is -1.96. The molecule has 1 aromatic carbocycles. The smallest absolute Gasteiger partial charge is 0.277 e. The summed E-state index contributed by atoms with van der Waals surface area (Å²) < 4.78 is 43.5. The summed E-state index contributed by atoms with van der Waals surface area (Å²) in [7, 11) is 0. The van der Waals surface area contributed by atoms with Crippen LogP contribution in [0.4, 0.5) is 18.9 Å². The number of rotatable bonds is 3. The van der Waals surface area contributed by atoms with Crippen LogP contribution in [0.5, 0.6) is 0 Å². The number of fused-ring (bicyclic) bond motifs is 1. The third kappa shape index (κ3) is 2.68. The lowest BCUT2D eigenvalue weighted by molar-refractivity contribution is 0.100. The first kappa shape index (κ1) is 16.9. The molecular formula is C16H16F3N3OS. The van der Waals surface area contributed by atoms with Gasteiger partial charge in [-0.3, -0.25) is 4.79 Å². The molecular weight excluding hydrogens is 339 g/mol. The van der Waals surface area contributed by atoms with Crippen LogP contribution in [-0.2, 0) is 5.41 Å². The first-order valence-corrected chi connectivity index (χ1v) is 8.24. The van der Waals surface area contributed by atoms with Gasteiger partial charge in [0.25, 0.3) is 12.3 Å². The summed E-state index contributed by atoms with van der Waals surface area (Å²) in [6, 6.07) is 2.76. The van der Waals surface area contributed by atoms with Crippen molar-refractivity contribution in [1.29, 1.82) is 0 Å². The van der Waals surface area contributed by atoms with E-state index < -0.39 is 22.9 Å². The molecule has 8 heteroatoms. The monoisotopic (exact) mass is 355 g/mol. The molecule has 3 rings (SSSR count). The Bertz CT molecular complexity index is 804. The van der Waals surface area contributed by atoms with Crippen molar-refractivity contribution in [3.8, 4) is 0 Å². The van der Waals surface area contributed by atoms with Gasteiger partial charge in [0.05, 0.1) is 0 Å². The number of amides is 1. The molecule has 1 aliphatic rings. The number of carbonyl (C=O) groups excluding carboxylic acids is 1. The number of hydrogen-bond acceptors (Lipinski definition) is 4. The molecule has 4 nitrogen and oxygen atoms in total. The molecule has 0 spiro atoms. The lowest BCUT2D eigenvalue weighted by atomic mass is 9.86. The van der Waals surface area contributed by atoms with Crippen LogP contribution in [0, 0.1) is 5.82 Å². The molecule has 0 saturated heterocycles. The minimum atomic E-state index is -2.82. The number of nitrogens with zero attached hydrogens (tertiary/aromatic N) is 2. The van der Waals surface area contributed by atoms with E-state index in [9.17, 15) is 18.0 Å². The van der Waals surface area contributed by atoms with Crippen LogP contribution in [0.25, 0.3) is 0 Å². The molecule has 1 atom stereocenters. The van der Waals surface area contributed by atoms with Gasteiger partial charge in [0.15, 0.2) is 5.69 Å². The minimum Gasteiger partial charge on any atom is -0.320 e. The normalized spacial score (nSPS) is 18.7. The number of anilines is 1. The summed E-state index contributed by atoms with van der Waals surface area (Å²) in [5.74, 6) is -1.03. The van der Waals surface area contributed by atoms with Gasteiger partial charge in [0.2, 0.25) is 0 Å². The highest BCUT2D eigenvalue weighted by Crippen LogP contribution is 2.49. The largest absolute Gasteiger partial charge is 0.320 e. The maximum absolute atomic E-state index is 14.3. The fourth-order valence-electron chi connectivity index (χ4n) is 3.55. The van der Waals surface area contributed by atoms with E-state index in [4.69, 9.17) is 0 Å². The Morgan fingerprint density at radius 3 is 2.79 bits per heavy atom. The molecule has 24 heavy (non-hydrogen) atoms. The molecule has 1 amide bonds. The van der Waals surface area contributed by atoms with Gasteiger partial charge in [-0.15, -0.1) is 5.10 Å². The average molecular weight is 355 g/mol. The second-order valence-corrected chi connectivity index (χ2v) is 7.40. The highest BCUT2D eigenvalue weighted by Gasteiger charge is 2.39. The van der Waals surface area contributed by atoms with E-state index in [1.165, 1.54) is 12.1 Å². The zero-order chi connectivity index (χ0) is 17.6. The van der Waals surface area contributed by atoms with Crippen molar-refractivity contribution in [2.24, 2.45) is 0 Å². The van der Waals surface area contributed by atoms with Crippen molar-refractivity contribution >= 4 is 23.1 Å². The second-order valence-electron chi connectivity index (χ2n) is 6.61. The number of halogens is 3. The van der Waals surface area contributed by atoms with Crippen LogP contribution in [0.2, 0.25) is 0 Å². The van der Waals surface area contributed by atoms with E-state index in [0.717, 1.165) is 12.0 Å². The molecule has 1 aromatic heterocycles. The minimum absolute atomic E-state index is 0.0455. The van der Waals surface area contributed by atoms with Gasteiger partial charge in [-0.05, 0) is 52.5 Å². The van der Waals surface area contributed by atoms with Crippen molar-refractivity contribution in [3.05, 3.63) is 39.6 Å². The van der Waals surface area contributed by atoms with Gasteiger partial charge in [-0.1, -0.05) is 25.3 Å². The molecule has 0 aliphatic heterocycles. The number of carbonyl (C=O) groups is 1. The zero-order valence-corrected chi connectivity index (χ0v) is 14.2. The number of aromatic nitrogens is 2. The topological polar surface area (TPSA) is 54.9 Å². The third-order valence-corrected chi connectivity index (χ3v) is 5.09. The summed E-state index contributed by atoms with van der Waals surface area (Å²) >= 11 is 0.493. The van der Waals surface area contributed by atoms with E-state index in [-0.39, 0.29) is 17.2 Å². The summed E-state index contributed by atoms with van der Waals surface area (Å²) in [4.78, 5) is 11.8. The quantitative estimate of drug-likeness (QED) is 0.872. The predicted molar refractivity (Wildman–Crippen MR) is 85.3 cm³/mol. The van der Waals surface area contributed by atoms with Crippen LogP contribution in [0.1, 0.15) is 66.0 Å². The molecule has 2 aromatic rings. The first-order valence-electron chi connectivity index (χ1n) is 7.47. The van der Waals surface area contributed by atoms with Gasteiger partial charge < -0.3 is 5.32 Å². The molecule has 1 aliphatic carbocycles. The maximum atomic E-state index is 14.3. The van der Waals surface area contributed by atoms with Crippen LogP contribution >= 0.6 is 11.5 Å². The Kier molecular flexibility index (Phi) is 4.11. The lowest BCUT2D eigenvalue weighted by Gasteiger charge is -2.20. The Labute approximate surface area is 141 Å². The van der Waals surface area contributed by atoms with Crippen LogP contribution in [0.3, 0.4) is 0 Å². The molecule has 1 N–H and O–H groups in total. The summed E-state index contributed by atoms with van der Waals surface area (Å²) in [6.07, 6.45) is -2.07. The summed E-state index contributed by atoms with van der Waals surface area (Å²) in [5.41, 5.74) is 0.977. The van der Waals surface area contributed by atoms with E-state index in [1.807, 2.05) is 20.8 Å². The van der Waals surface area contributed by atoms with Gasteiger partial charge in [-0.2, -0.15) is 0 Å². The van der Waals surface area contributed by atoms with Crippen molar-refractivity contribution in [1.82, 2.24) is 9.59 Å². The van der Waals surface area contributed by atoms with E-state index in [0.29, 0.717) is 22.8 Å². The van der Waals surface area contributed by atoms with Crippen molar-refractivity contribution < 1.29 is 18.0 Å². The third-order valence-electron chi connectivity index (χ3n) is 4.36. The van der Waals surface area contributed by atoms with Crippen LogP contribution in [0.15, 0.2) is 12.1 Å². The van der Waals surface area contributed by atoms with Gasteiger partial charge >= 0.3 is 0 Å². The van der Waals surface area contributed by atoms with E-state index in [1.54, 1.807) is 0 Å². The molecule has 128 valence electrons. The number of nitrogens with one attached hydrogen (secondary N) is 1. The highest BCUT2D eigenvalue weighted by molar-refractivity contribution is 7.05. The van der Waals surface area contributed by atoms with Gasteiger partial charge in [0.1, 0.15) is 10.7 Å². The Balaban J connectivity index is 1.99. The number of hydrogen-bond donors (Lipinski definition) is 1. The molecule has 0 bridgehead atoms. The summed E-state index contributed by atoms with van der Waals surface area (Å²) in [6.45, 7) is 5.85. The summed E-state index contributed by atoms with van der Waals surface area (Å²) in [5, 5.41) is 6.10.